The molecule has 0 bridgehead atoms. The maximum atomic E-state index is 13.5. The number of anilines is 1. The molecule has 1 heterocycles. The van der Waals surface area contributed by atoms with Crippen LogP contribution in [0.4, 0.5) is 14.5 Å². The molecule has 0 aliphatic heterocycles. The van der Waals surface area contributed by atoms with Gasteiger partial charge in [-0.2, -0.15) is 0 Å². The average molecular weight is 291 g/mol. The van der Waals surface area contributed by atoms with Gasteiger partial charge in [-0.05, 0) is 19.1 Å². The fourth-order valence-electron chi connectivity index (χ4n) is 1.77. The molecule has 2 rings (SSSR count). The van der Waals surface area contributed by atoms with E-state index in [4.69, 9.17) is 0 Å². The number of nitrogens with one attached hydrogen (secondary N) is 1. The molecule has 2 aromatic rings. The monoisotopic (exact) mass is 291 g/mol. The summed E-state index contributed by atoms with van der Waals surface area (Å²) in [5.74, 6) is -1.28. The minimum atomic E-state index is -0.833. The number of hydrogen-bond donors (Lipinski definition) is 1. The number of carbonyl (C=O) groups excluding carboxylic acids is 1. The van der Waals surface area contributed by atoms with Gasteiger partial charge in [0, 0.05) is 18.2 Å². The lowest BCUT2D eigenvalue weighted by Gasteiger charge is -2.10. The summed E-state index contributed by atoms with van der Waals surface area (Å²) >= 11 is 0. The van der Waals surface area contributed by atoms with Gasteiger partial charge in [-0.15, -0.1) is 0 Å². The third-order valence-corrected chi connectivity index (χ3v) is 2.94. The summed E-state index contributed by atoms with van der Waals surface area (Å²) in [4.78, 5) is 20.5. The van der Waals surface area contributed by atoms with Crippen molar-refractivity contribution in [1.29, 1.82) is 0 Å². The van der Waals surface area contributed by atoms with E-state index in [9.17, 15) is 13.6 Å². The van der Waals surface area contributed by atoms with Crippen LogP contribution in [0.1, 0.15) is 41.6 Å². The number of halogens is 2. The maximum absolute atomic E-state index is 13.5. The van der Waals surface area contributed by atoms with Gasteiger partial charge in [-0.3, -0.25) is 4.79 Å². The van der Waals surface area contributed by atoms with Crippen LogP contribution in [0.15, 0.2) is 24.4 Å². The molecule has 1 aromatic carbocycles. The number of aryl methyl sites for hydroxylation is 1. The molecular formula is C15H15F2N3O. The second-order valence-corrected chi connectivity index (χ2v) is 4.96. The van der Waals surface area contributed by atoms with Crippen LogP contribution in [-0.2, 0) is 0 Å². The number of amides is 1. The third kappa shape index (κ3) is 3.39. The number of rotatable bonds is 3. The molecule has 0 saturated carbocycles. The summed E-state index contributed by atoms with van der Waals surface area (Å²) in [6, 6.07) is 2.95. The first kappa shape index (κ1) is 15.0. The lowest BCUT2D eigenvalue weighted by Crippen LogP contribution is -2.16. The van der Waals surface area contributed by atoms with E-state index in [2.05, 4.69) is 15.3 Å². The number of aromatic nitrogens is 2. The number of hydrogen-bond acceptors (Lipinski definition) is 3. The quantitative estimate of drug-likeness (QED) is 0.942. The molecule has 0 unspecified atom stereocenters. The minimum absolute atomic E-state index is 0.0891. The highest BCUT2D eigenvalue weighted by atomic mass is 19.1. The molecule has 0 atom stereocenters. The molecular weight excluding hydrogens is 276 g/mol. The largest absolute Gasteiger partial charge is 0.319 e. The van der Waals surface area contributed by atoms with Crippen molar-refractivity contribution in [3.05, 3.63) is 53.1 Å². The van der Waals surface area contributed by atoms with Crippen molar-refractivity contribution in [2.75, 3.05) is 5.32 Å². The molecule has 110 valence electrons. The molecule has 1 N–H and O–H groups in total. The fourth-order valence-corrected chi connectivity index (χ4v) is 1.77. The molecule has 0 fully saturated rings. The van der Waals surface area contributed by atoms with Crippen molar-refractivity contribution in [3.8, 4) is 0 Å². The lowest BCUT2D eigenvalue weighted by molar-refractivity contribution is 0.102. The zero-order chi connectivity index (χ0) is 15.6. The summed E-state index contributed by atoms with van der Waals surface area (Å²) < 4.78 is 26.3. The standard InChI is InChI=1S/C15H15F2N3O/c1-8(2)14-18-7-11(9(3)19-14)15(21)20-13-5-4-10(16)6-12(13)17/h4-8H,1-3H3,(H,20,21). The van der Waals surface area contributed by atoms with Gasteiger partial charge in [0.1, 0.15) is 17.5 Å². The second-order valence-electron chi connectivity index (χ2n) is 4.96. The van der Waals surface area contributed by atoms with Gasteiger partial charge in [0.15, 0.2) is 0 Å². The summed E-state index contributed by atoms with van der Waals surface area (Å²) in [5.41, 5.74) is 0.672. The van der Waals surface area contributed by atoms with E-state index in [-0.39, 0.29) is 17.2 Å². The molecule has 6 heteroatoms. The van der Waals surface area contributed by atoms with E-state index in [0.717, 1.165) is 6.07 Å². The summed E-state index contributed by atoms with van der Waals surface area (Å²) in [6.07, 6.45) is 1.41. The SMILES string of the molecule is Cc1nc(C(C)C)ncc1C(=O)Nc1ccc(F)cc1F. The highest BCUT2D eigenvalue weighted by Gasteiger charge is 2.15. The van der Waals surface area contributed by atoms with Gasteiger partial charge in [0.25, 0.3) is 5.91 Å². The topological polar surface area (TPSA) is 54.9 Å². The van der Waals surface area contributed by atoms with Crippen molar-refractivity contribution in [1.82, 2.24) is 9.97 Å². The zero-order valence-electron chi connectivity index (χ0n) is 11.9. The molecule has 1 amide bonds. The van der Waals surface area contributed by atoms with Gasteiger partial charge in [0.05, 0.1) is 16.9 Å². The van der Waals surface area contributed by atoms with Crippen LogP contribution in [0.2, 0.25) is 0 Å². The lowest BCUT2D eigenvalue weighted by atomic mass is 10.1. The molecule has 0 radical (unpaired) electrons. The van der Waals surface area contributed by atoms with E-state index in [0.29, 0.717) is 17.6 Å². The summed E-state index contributed by atoms with van der Waals surface area (Å²) in [5, 5.41) is 2.38. The number of carbonyl (C=O) groups is 1. The van der Waals surface area contributed by atoms with Crippen molar-refractivity contribution < 1.29 is 13.6 Å². The molecule has 4 nitrogen and oxygen atoms in total. The van der Waals surface area contributed by atoms with E-state index in [1.165, 1.54) is 12.3 Å². The molecule has 1 aromatic heterocycles. The molecule has 21 heavy (non-hydrogen) atoms. The van der Waals surface area contributed by atoms with Crippen LogP contribution in [-0.4, -0.2) is 15.9 Å². The summed E-state index contributed by atoms with van der Waals surface area (Å²) in [7, 11) is 0. The van der Waals surface area contributed by atoms with E-state index in [1.54, 1.807) is 6.92 Å². The molecule has 0 saturated heterocycles. The Hall–Kier alpha value is -2.37. The third-order valence-electron chi connectivity index (χ3n) is 2.94. The first-order chi connectivity index (χ1) is 9.88. The highest BCUT2D eigenvalue weighted by Crippen LogP contribution is 2.17. The van der Waals surface area contributed by atoms with Crippen molar-refractivity contribution >= 4 is 11.6 Å². The molecule has 0 aliphatic carbocycles. The van der Waals surface area contributed by atoms with Gasteiger partial charge in [-0.25, -0.2) is 18.7 Å². The van der Waals surface area contributed by atoms with Crippen LogP contribution in [0.25, 0.3) is 0 Å². The smallest absolute Gasteiger partial charge is 0.259 e. The predicted molar refractivity (Wildman–Crippen MR) is 75.2 cm³/mol. The normalized spacial score (nSPS) is 10.8. The van der Waals surface area contributed by atoms with E-state index >= 15 is 0 Å². The first-order valence-corrected chi connectivity index (χ1v) is 6.48. The Morgan fingerprint density at radius 3 is 2.57 bits per heavy atom. The number of benzene rings is 1. The Morgan fingerprint density at radius 2 is 2.00 bits per heavy atom. The second kappa shape index (κ2) is 5.95. The average Bonchev–Trinajstić information content (AvgIpc) is 2.41. The number of nitrogens with zero attached hydrogens (tertiary/aromatic N) is 2. The van der Waals surface area contributed by atoms with Gasteiger partial charge >= 0.3 is 0 Å². The highest BCUT2D eigenvalue weighted by molar-refractivity contribution is 6.04. The Labute approximate surface area is 121 Å². The van der Waals surface area contributed by atoms with Crippen LogP contribution in [0.3, 0.4) is 0 Å². The Morgan fingerprint density at radius 1 is 1.29 bits per heavy atom. The Balaban J connectivity index is 2.24. The van der Waals surface area contributed by atoms with E-state index in [1.807, 2.05) is 13.8 Å². The van der Waals surface area contributed by atoms with Crippen LogP contribution in [0, 0.1) is 18.6 Å². The van der Waals surface area contributed by atoms with Crippen LogP contribution >= 0.6 is 0 Å². The maximum Gasteiger partial charge on any atom is 0.259 e. The fraction of sp³-hybridized carbons (Fsp3) is 0.267. The Kier molecular flexibility index (Phi) is 4.26. The Bertz CT molecular complexity index is 687. The van der Waals surface area contributed by atoms with Gasteiger partial charge in [-0.1, -0.05) is 13.8 Å². The van der Waals surface area contributed by atoms with Crippen molar-refractivity contribution in [3.63, 3.8) is 0 Å². The minimum Gasteiger partial charge on any atom is -0.319 e. The molecule has 0 aliphatic rings. The first-order valence-electron chi connectivity index (χ1n) is 6.48. The van der Waals surface area contributed by atoms with Gasteiger partial charge < -0.3 is 5.32 Å². The van der Waals surface area contributed by atoms with E-state index < -0.39 is 17.5 Å². The zero-order valence-corrected chi connectivity index (χ0v) is 11.9. The molecule has 0 spiro atoms. The predicted octanol–water partition coefficient (Wildman–Crippen LogP) is 3.44. The van der Waals surface area contributed by atoms with Crippen molar-refractivity contribution in [2.45, 2.75) is 26.7 Å². The van der Waals surface area contributed by atoms with Crippen molar-refractivity contribution in [2.24, 2.45) is 0 Å². The van der Waals surface area contributed by atoms with Crippen LogP contribution < -0.4 is 5.32 Å². The summed E-state index contributed by atoms with van der Waals surface area (Å²) in [6.45, 7) is 5.58. The van der Waals surface area contributed by atoms with Crippen LogP contribution in [0.5, 0.6) is 0 Å². The van der Waals surface area contributed by atoms with Gasteiger partial charge in [0.2, 0.25) is 0 Å².